The van der Waals surface area contributed by atoms with Crippen molar-refractivity contribution in [3.63, 3.8) is 0 Å². The lowest BCUT2D eigenvalue weighted by Gasteiger charge is -2.32. The average Bonchev–Trinajstić information content (AvgIpc) is 3.09. The summed E-state index contributed by atoms with van der Waals surface area (Å²) in [6, 6.07) is 6.14. The molecule has 2 heterocycles. The van der Waals surface area contributed by atoms with E-state index in [1.165, 1.54) is 5.57 Å². The summed E-state index contributed by atoms with van der Waals surface area (Å²) in [6.45, 7) is 7.14. The first kappa shape index (κ1) is 17.5. The Bertz CT molecular complexity index is 789. The van der Waals surface area contributed by atoms with Crippen LogP contribution in [0.3, 0.4) is 0 Å². The van der Waals surface area contributed by atoms with E-state index in [0.717, 1.165) is 48.4 Å². The van der Waals surface area contributed by atoms with Crippen LogP contribution in [0.15, 0.2) is 30.5 Å². The zero-order valence-electron chi connectivity index (χ0n) is 15.5. The highest BCUT2D eigenvalue weighted by Gasteiger charge is 2.27. The predicted molar refractivity (Wildman–Crippen MR) is 102 cm³/mol. The van der Waals surface area contributed by atoms with Gasteiger partial charge >= 0.3 is 0 Å². The molecule has 0 saturated heterocycles. The van der Waals surface area contributed by atoms with Gasteiger partial charge in [-0.1, -0.05) is 6.08 Å². The second-order valence-corrected chi connectivity index (χ2v) is 6.62. The molecular weight excluding hydrogens is 314 g/mol. The molecule has 0 bridgehead atoms. The smallest absolute Gasteiger partial charge is 0.230 e. The van der Waals surface area contributed by atoms with Crippen LogP contribution < -0.4 is 4.74 Å². The molecule has 1 aliphatic heterocycles. The van der Waals surface area contributed by atoms with Crippen molar-refractivity contribution in [2.75, 3.05) is 40.3 Å². The van der Waals surface area contributed by atoms with Crippen molar-refractivity contribution in [1.29, 1.82) is 0 Å². The van der Waals surface area contributed by atoms with Crippen LogP contribution in [0.5, 0.6) is 5.75 Å². The Morgan fingerprint density at radius 2 is 2.12 bits per heavy atom. The van der Waals surface area contributed by atoms with Gasteiger partial charge in [0.2, 0.25) is 5.91 Å². The highest BCUT2D eigenvalue weighted by atomic mass is 16.5. The van der Waals surface area contributed by atoms with Crippen LogP contribution in [0, 0.1) is 5.92 Å². The molecular formula is C20H27N3O2. The largest absolute Gasteiger partial charge is 0.497 e. The minimum absolute atomic E-state index is 0.107. The van der Waals surface area contributed by atoms with Gasteiger partial charge in [0.15, 0.2) is 0 Å². The summed E-state index contributed by atoms with van der Waals surface area (Å²) in [5.74, 6) is 0.937. The quantitative estimate of drug-likeness (QED) is 0.909. The lowest BCUT2D eigenvalue weighted by Crippen LogP contribution is -2.42. The van der Waals surface area contributed by atoms with Crippen LogP contribution >= 0.6 is 0 Å². The van der Waals surface area contributed by atoms with E-state index in [4.69, 9.17) is 4.74 Å². The van der Waals surface area contributed by atoms with Crippen molar-refractivity contribution >= 4 is 22.4 Å². The lowest BCUT2D eigenvalue weighted by molar-refractivity contribution is -0.134. The van der Waals surface area contributed by atoms with Crippen molar-refractivity contribution in [3.05, 3.63) is 36.0 Å². The van der Waals surface area contributed by atoms with E-state index in [-0.39, 0.29) is 11.8 Å². The van der Waals surface area contributed by atoms with E-state index in [9.17, 15) is 4.79 Å². The Labute approximate surface area is 149 Å². The summed E-state index contributed by atoms with van der Waals surface area (Å²) in [5.41, 5.74) is 3.38. The maximum atomic E-state index is 12.8. The number of likely N-dealkylation sites (N-methyl/N-ethyl adjacent to an activating group) is 1. The minimum Gasteiger partial charge on any atom is -0.497 e. The number of hydrogen-bond acceptors (Lipinski definition) is 3. The summed E-state index contributed by atoms with van der Waals surface area (Å²) >= 11 is 0. The maximum Gasteiger partial charge on any atom is 0.230 e. The van der Waals surface area contributed by atoms with Crippen molar-refractivity contribution < 1.29 is 9.53 Å². The number of aromatic nitrogens is 1. The molecule has 0 aliphatic carbocycles. The summed E-state index contributed by atoms with van der Waals surface area (Å²) in [4.78, 5) is 20.3. The maximum absolute atomic E-state index is 12.8. The second kappa shape index (κ2) is 7.31. The Morgan fingerprint density at radius 1 is 1.36 bits per heavy atom. The fourth-order valence-corrected chi connectivity index (χ4v) is 3.65. The molecule has 0 spiro atoms. The molecule has 5 nitrogen and oxygen atoms in total. The molecule has 1 aliphatic rings. The van der Waals surface area contributed by atoms with Crippen molar-refractivity contribution in [1.82, 2.24) is 14.8 Å². The van der Waals surface area contributed by atoms with E-state index in [2.05, 4.69) is 29.1 Å². The fraction of sp³-hybridized carbons (Fsp3) is 0.450. The molecule has 5 heteroatoms. The first-order valence-electron chi connectivity index (χ1n) is 8.90. The van der Waals surface area contributed by atoms with Crippen LogP contribution in [-0.2, 0) is 4.79 Å². The molecule has 1 aromatic carbocycles. The highest BCUT2D eigenvalue weighted by Crippen LogP contribution is 2.32. The number of hydrogen-bond donors (Lipinski definition) is 1. The number of ether oxygens (including phenoxy) is 1. The molecule has 1 N–H and O–H groups in total. The molecule has 1 amide bonds. The van der Waals surface area contributed by atoms with Gasteiger partial charge in [0.25, 0.3) is 0 Å². The first-order chi connectivity index (χ1) is 12.1. The molecule has 0 radical (unpaired) electrons. The van der Waals surface area contributed by atoms with Crippen molar-refractivity contribution in [3.8, 4) is 5.75 Å². The number of amides is 1. The summed E-state index contributed by atoms with van der Waals surface area (Å²) in [7, 11) is 3.76. The van der Waals surface area contributed by atoms with Crippen LogP contribution in [0.25, 0.3) is 16.5 Å². The summed E-state index contributed by atoms with van der Waals surface area (Å²) < 4.78 is 5.47. The average molecular weight is 341 g/mol. The predicted octanol–water partition coefficient (Wildman–Crippen LogP) is 2.99. The number of carbonyl (C=O) groups is 1. The van der Waals surface area contributed by atoms with Gasteiger partial charge in [-0.05, 0) is 44.7 Å². The number of nitrogens with one attached hydrogen (secondary N) is 1. The zero-order chi connectivity index (χ0) is 18.0. The SMILES string of the molecule is CCN(CC)C(=O)[C@@H]1C=C(c2cc(OC)cc3cc[nH]c23)CN(C)C1. The van der Waals surface area contributed by atoms with Gasteiger partial charge < -0.3 is 19.5 Å². The number of nitrogens with zero attached hydrogens (tertiary/aromatic N) is 2. The van der Waals surface area contributed by atoms with Crippen molar-refractivity contribution in [2.24, 2.45) is 5.92 Å². The van der Waals surface area contributed by atoms with E-state index < -0.39 is 0 Å². The lowest BCUT2D eigenvalue weighted by atomic mass is 9.93. The standard InChI is InChI=1S/C20H27N3O2/c1-5-23(6-2)20(24)16-9-15(12-22(3)13-16)18-11-17(25-4)10-14-7-8-21-19(14)18/h7-11,16,21H,5-6,12-13H2,1-4H3/t16-/m1/s1. The number of fused-ring (bicyclic) bond motifs is 1. The van der Waals surface area contributed by atoms with Gasteiger partial charge in [0, 0.05) is 43.3 Å². The van der Waals surface area contributed by atoms with Crippen LogP contribution in [0.1, 0.15) is 19.4 Å². The van der Waals surface area contributed by atoms with Gasteiger partial charge in [0.1, 0.15) is 5.75 Å². The molecule has 134 valence electrons. The normalized spacial score (nSPS) is 18.2. The third-order valence-corrected chi connectivity index (χ3v) is 4.96. The van der Waals surface area contributed by atoms with E-state index in [1.54, 1.807) is 7.11 Å². The molecule has 0 unspecified atom stereocenters. The number of H-pyrrole nitrogens is 1. The van der Waals surface area contributed by atoms with Crippen LogP contribution in [-0.4, -0.2) is 61.0 Å². The van der Waals surface area contributed by atoms with Crippen molar-refractivity contribution in [2.45, 2.75) is 13.8 Å². The number of carbonyl (C=O) groups excluding carboxylic acids is 1. The van der Waals surface area contributed by atoms with E-state index in [1.807, 2.05) is 37.1 Å². The number of aromatic amines is 1. The third kappa shape index (κ3) is 3.42. The van der Waals surface area contributed by atoms with Gasteiger partial charge in [-0.15, -0.1) is 0 Å². The minimum atomic E-state index is -0.107. The number of rotatable bonds is 5. The van der Waals surface area contributed by atoms with Crippen LogP contribution in [0.2, 0.25) is 0 Å². The molecule has 2 aromatic rings. The Hall–Kier alpha value is -2.27. The molecule has 3 rings (SSSR count). The van der Waals surface area contributed by atoms with E-state index in [0.29, 0.717) is 0 Å². The first-order valence-corrected chi connectivity index (χ1v) is 8.90. The third-order valence-electron chi connectivity index (χ3n) is 4.96. The molecule has 1 atom stereocenters. The molecule has 1 aromatic heterocycles. The zero-order valence-corrected chi connectivity index (χ0v) is 15.5. The van der Waals surface area contributed by atoms with Gasteiger partial charge in [-0.25, -0.2) is 0 Å². The Balaban J connectivity index is 2.03. The highest BCUT2D eigenvalue weighted by molar-refractivity contribution is 5.94. The Morgan fingerprint density at radius 3 is 2.80 bits per heavy atom. The Kier molecular flexibility index (Phi) is 5.13. The fourth-order valence-electron chi connectivity index (χ4n) is 3.65. The number of methoxy groups -OCH3 is 1. The van der Waals surface area contributed by atoms with Gasteiger partial charge in [-0.2, -0.15) is 0 Å². The van der Waals surface area contributed by atoms with Crippen LogP contribution in [0.4, 0.5) is 0 Å². The summed E-state index contributed by atoms with van der Waals surface area (Å²) in [5, 5.41) is 1.12. The monoisotopic (exact) mass is 341 g/mol. The summed E-state index contributed by atoms with van der Waals surface area (Å²) in [6.07, 6.45) is 4.09. The molecule has 25 heavy (non-hydrogen) atoms. The molecule has 0 fully saturated rings. The molecule has 0 saturated carbocycles. The van der Waals surface area contributed by atoms with Gasteiger partial charge in [0.05, 0.1) is 18.5 Å². The van der Waals surface area contributed by atoms with Gasteiger partial charge in [-0.3, -0.25) is 4.79 Å². The second-order valence-electron chi connectivity index (χ2n) is 6.62. The topological polar surface area (TPSA) is 48.6 Å². The number of benzene rings is 1. The van der Waals surface area contributed by atoms with E-state index >= 15 is 0 Å².